The number of hydrogen-bond acceptors (Lipinski definition) is 15. The van der Waals surface area contributed by atoms with Crippen LogP contribution in [0.3, 0.4) is 0 Å². The molecule has 20 nitrogen and oxygen atoms in total. The third-order valence-corrected chi connectivity index (χ3v) is 17.7. The predicted octanol–water partition coefficient (Wildman–Crippen LogP) is 6.45. The summed E-state index contributed by atoms with van der Waals surface area (Å²) in [7, 11) is 1.98. The van der Waals surface area contributed by atoms with E-state index in [1.807, 2.05) is 88.7 Å². The number of aromatic amines is 1. The number of H-pyrrole nitrogens is 1. The van der Waals surface area contributed by atoms with Crippen molar-refractivity contribution in [3.63, 3.8) is 0 Å². The number of pyridine rings is 1. The average molecular weight is 1210 g/mol. The molecule has 25 heteroatoms. The number of amides is 5. The summed E-state index contributed by atoms with van der Waals surface area (Å²) < 4.78 is 58.4. The fourth-order valence-corrected chi connectivity index (χ4v) is 12.3. The summed E-state index contributed by atoms with van der Waals surface area (Å²) in [5.41, 5.74) is 2.86. The number of anilines is 3. The number of carbonyl (C=O) groups excluding carboxylic acids is 5. The van der Waals surface area contributed by atoms with Gasteiger partial charge in [0, 0.05) is 139 Å². The van der Waals surface area contributed by atoms with Crippen molar-refractivity contribution in [2.45, 2.75) is 123 Å². The molecule has 4 aliphatic rings. The lowest BCUT2D eigenvalue weighted by Crippen LogP contribution is -2.57. The van der Waals surface area contributed by atoms with Crippen molar-refractivity contribution < 1.29 is 46.6 Å². The molecule has 3 fully saturated rings. The second-order valence-electron chi connectivity index (χ2n) is 24.0. The quantitative estimate of drug-likeness (QED) is 0.0630. The fraction of sp³-hybridized carbons (Fsp3) is 0.492. The zero-order valence-electron chi connectivity index (χ0n) is 49.5. The number of alkyl halides is 3. The second-order valence-corrected chi connectivity index (χ2v) is 24.8. The van der Waals surface area contributed by atoms with Gasteiger partial charge in [-0.3, -0.25) is 38.6 Å². The molecule has 86 heavy (non-hydrogen) atoms. The van der Waals surface area contributed by atoms with E-state index in [1.54, 1.807) is 34.1 Å². The molecule has 0 bridgehead atoms. The molecule has 5 amide bonds. The lowest BCUT2D eigenvalue weighted by molar-refractivity contribution is -0.144. The minimum absolute atomic E-state index is 0.0103. The Balaban J connectivity index is 0.735. The highest BCUT2D eigenvalue weighted by Crippen LogP contribution is 2.38. The van der Waals surface area contributed by atoms with E-state index in [9.17, 15) is 47.0 Å². The number of halogens is 4. The Labute approximate surface area is 501 Å². The molecule has 3 saturated heterocycles. The van der Waals surface area contributed by atoms with Crippen LogP contribution in [0.5, 0.6) is 0 Å². The Morgan fingerprint density at radius 1 is 0.884 bits per heavy atom. The van der Waals surface area contributed by atoms with Gasteiger partial charge in [0.15, 0.2) is 0 Å². The lowest BCUT2D eigenvalue weighted by Gasteiger charge is -2.44. The number of likely N-dealkylation sites (N-methyl/N-ethyl adjacent to an activating group) is 1. The van der Waals surface area contributed by atoms with Crippen molar-refractivity contribution in [3.05, 3.63) is 122 Å². The van der Waals surface area contributed by atoms with Crippen molar-refractivity contribution in [2.75, 3.05) is 81.1 Å². The Kier molecular flexibility index (Phi) is 19.4. The number of likely N-dealkylation sites (tertiary alicyclic amines) is 1. The number of hydrogen-bond donors (Lipinski definition) is 5. The normalized spacial score (nSPS) is 20.2. The molecule has 3 aromatic heterocycles. The van der Waals surface area contributed by atoms with Crippen LogP contribution < -0.4 is 31.3 Å². The molecule has 0 radical (unpaired) electrons. The number of benzene rings is 2. The predicted molar refractivity (Wildman–Crippen MR) is 320 cm³/mol. The summed E-state index contributed by atoms with van der Waals surface area (Å²) in [6.07, 6.45) is 1.03. The van der Waals surface area contributed by atoms with Crippen molar-refractivity contribution in [3.8, 4) is 10.4 Å². The maximum Gasteiger partial charge on any atom is 0.417 e. The maximum absolute atomic E-state index is 16.3. The first kappa shape index (κ1) is 62.9. The van der Waals surface area contributed by atoms with Crippen molar-refractivity contribution in [2.24, 2.45) is 5.41 Å². The SMILES string of the molecule is Cc1ncsc1-c1ccc(CNC(=O)[C@@H]2C[C@@H](O)CN2C(=O)[C@@H](NC(=O)CCCC(=O)N2CCN(Cc3cnc(N4CC=C(c5cc(NC(=O)c6c[nH]c(=O)cc6C(F)(F)F)c(N6C[C@@H](C)N(C)[C@@H](C)C6)cc5F)CC4)nc3)CC2)C(C)(C)C)cc1. The van der Waals surface area contributed by atoms with E-state index in [0.29, 0.717) is 88.6 Å². The van der Waals surface area contributed by atoms with E-state index in [4.69, 9.17) is 0 Å². The van der Waals surface area contributed by atoms with E-state index in [0.717, 1.165) is 33.5 Å². The average Bonchev–Trinajstić information content (AvgIpc) is 1.61. The molecule has 0 aliphatic carbocycles. The number of carbonyl (C=O) groups is 5. The van der Waals surface area contributed by atoms with Gasteiger partial charge in [-0.1, -0.05) is 51.1 Å². The van der Waals surface area contributed by atoms with Crippen molar-refractivity contribution in [1.29, 1.82) is 0 Å². The van der Waals surface area contributed by atoms with Crippen LogP contribution in [0.2, 0.25) is 0 Å². The summed E-state index contributed by atoms with van der Waals surface area (Å²) in [4.78, 5) is 108. The van der Waals surface area contributed by atoms with Gasteiger partial charge < -0.3 is 45.6 Å². The first-order valence-corrected chi connectivity index (χ1v) is 29.9. The first-order valence-electron chi connectivity index (χ1n) is 29.0. The minimum Gasteiger partial charge on any atom is -0.391 e. The summed E-state index contributed by atoms with van der Waals surface area (Å²) in [5, 5.41) is 19.1. The Bertz CT molecular complexity index is 3370. The maximum atomic E-state index is 16.3. The van der Waals surface area contributed by atoms with Crippen LogP contribution in [0.25, 0.3) is 16.0 Å². The van der Waals surface area contributed by atoms with E-state index >= 15 is 4.39 Å². The third kappa shape index (κ3) is 15.0. The van der Waals surface area contributed by atoms with Crippen LogP contribution in [0.1, 0.15) is 105 Å². The number of aromatic nitrogens is 4. The number of nitrogens with one attached hydrogen (secondary N) is 4. The number of piperazine rings is 2. The van der Waals surface area contributed by atoms with E-state index < -0.39 is 75.9 Å². The Morgan fingerprint density at radius 2 is 1.58 bits per heavy atom. The molecule has 7 heterocycles. The molecule has 5 N–H and O–H groups in total. The zero-order valence-corrected chi connectivity index (χ0v) is 50.3. The molecular weight excluding hydrogens is 1130 g/mol. The number of β-amino-alcohol motifs (C(OH)–C–C–N with tert-alkyl or cyclic N) is 1. The fourth-order valence-electron chi connectivity index (χ4n) is 11.5. The van der Waals surface area contributed by atoms with Gasteiger partial charge in [-0.15, -0.1) is 11.3 Å². The summed E-state index contributed by atoms with van der Waals surface area (Å²) >= 11 is 1.56. The van der Waals surface area contributed by atoms with E-state index in [2.05, 4.69) is 45.7 Å². The molecule has 0 saturated carbocycles. The third-order valence-electron chi connectivity index (χ3n) is 16.7. The lowest BCUT2D eigenvalue weighted by atomic mass is 9.85. The van der Waals surface area contributed by atoms with Crippen LogP contribution in [0.15, 0.2) is 77.4 Å². The first-order chi connectivity index (χ1) is 40.8. The van der Waals surface area contributed by atoms with Crippen LogP contribution in [0, 0.1) is 18.2 Å². The highest BCUT2D eigenvalue weighted by molar-refractivity contribution is 7.13. The number of aryl methyl sites for hydroxylation is 1. The molecule has 2 aromatic carbocycles. The van der Waals surface area contributed by atoms with Gasteiger partial charge in [0.05, 0.1) is 44.7 Å². The van der Waals surface area contributed by atoms with Gasteiger partial charge in [-0.05, 0) is 74.9 Å². The largest absolute Gasteiger partial charge is 0.417 e. The zero-order chi connectivity index (χ0) is 61.8. The van der Waals surface area contributed by atoms with Crippen LogP contribution in [0.4, 0.5) is 34.9 Å². The van der Waals surface area contributed by atoms with Crippen molar-refractivity contribution in [1.82, 2.24) is 50.2 Å². The molecule has 9 rings (SSSR count). The number of nitrogens with zero attached hydrogens (tertiary/aromatic N) is 9. The standard InChI is InChI=1S/C61H75F4N13O7S/c1-36-31-77(32-37(2)73(36)7)49-26-47(62)44(24-48(49)71-56(83)45-30-66-52(81)25-46(45)61(63,64)65)41-15-17-76(18-16-41)59-68-28-40(29-69-59)33-74-19-21-75(22-20-74)53(82)10-8-9-51(80)72-55(60(4,5)6)58(85)78-34-43(79)23-50(78)57(84)67-27-39-11-13-42(14-12-39)54-38(3)70-35-86-54/h11-15,24-26,28-30,35-37,43,50,55,79H,8-10,16-23,27,31-34H2,1-7H3,(H,66,81)(H,67,84)(H,71,83)(H,72,80)/t36-,37+,43-,50+,55-/m1/s1. The van der Waals surface area contributed by atoms with E-state index in [1.165, 1.54) is 17.0 Å². The molecule has 0 unspecified atom stereocenters. The smallest absolute Gasteiger partial charge is 0.391 e. The van der Waals surface area contributed by atoms with Gasteiger partial charge in [0.2, 0.25) is 35.1 Å². The number of rotatable bonds is 17. The van der Waals surface area contributed by atoms with Gasteiger partial charge in [0.1, 0.15) is 17.9 Å². The number of aliphatic hydroxyl groups is 1. The highest BCUT2D eigenvalue weighted by atomic mass is 32.1. The van der Waals surface area contributed by atoms with E-state index in [-0.39, 0.29) is 68.0 Å². The van der Waals surface area contributed by atoms with Gasteiger partial charge in [0.25, 0.3) is 5.91 Å². The number of aliphatic hydroxyl groups excluding tert-OH is 1. The Hall–Kier alpha value is -7.61. The molecule has 5 aromatic rings. The van der Waals surface area contributed by atoms with Crippen LogP contribution in [-0.4, -0.2) is 170 Å². The summed E-state index contributed by atoms with van der Waals surface area (Å²) in [6.45, 7) is 16.0. The molecule has 0 spiro atoms. The molecular formula is C61H75F4N13O7S. The van der Waals surface area contributed by atoms with Crippen LogP contribution >= 0.6 is 11.3 Å². The molecule has 4 aliphatic heterocycles. The monoisotopic (exact) mass is 1210 g/mol. The molecule has 460 valence electrons. The topological polar surface area (TPSA) is 233 Å². The van der Waals surface area contributed by atoms with Crippen LogP contribution in [-0.2, 0) is 38.4 Å². The van der Waals surface area contributed by atoms with Crippen molar-refractivity contribution >= 4 is 63.8 Å². The summed E-state index contributed by atoms with van der Waals surface area (Å²) in [5.74, 6) is -2.53. The second kappa shape index (κ2) is 26.6. The molecule has 5 atom stereocenters. The summed E-state index contributed by atoms with van der Waals surface area (Å²) in [6, 6.07) is 9.10. The van der Waals surface area contributed by atoms with Gasteiger partial charge in [-0.2, -0.15) is 13.2 Å². The van der Waals surface area contributed by atoms with Gasteiger partial charge in [-0.25, -0.2) is 19.3 Å². The van der Waals surface area contributed by atoms with Gasteiger partial charge >= 0.3 is 6.18 Å². The highest BCUT2D eigenvalue weighted by Gasteiger charge is 2.45. The Morgan fingerprint density at radius 3 is 2.21 bits per heavy atom. The minimum atomic E-state index is -4.99. The number of thiazole rings is 1.